The Labute approximate surface area is 92.9 Å². The highest BCUT2D eigenvalue weighted by molar-refractivity contribution is 5.94. The first-order valence-corrected chi connectivity index (χ1v) is 5.29. The lowest BCUT2D eigenvalue weighted by Crippen LogP contribution is -2.36. The summed E-state index contributed by atoms with van der Waals surface area (Å²) in [6, 6.07) is 2.50. The second-order valence-electron chi connectivity index (χ2n) is 4.12. The predicted octanol–water partition coefficient (Wildman–Crippen LogP) is 2.37. The number of Topliss-reactive ketones (excluding diaryl/α,β-unsaturated/α-hetero) is 1. The zero-order valence-corrected chi connectivity index (χ0v) is 9.09. The van der Waals surface area contributed by atoms with Crippen molar-refractivity contribution in [2.45, 2.75) is 19.9 Å². The van der Waals surface area contributed by atoms with Gasteiger partial charge in [0.05, 0.1) is 5.56 Å². The summed E-state index contributed by atoms with van der Waals surface area (Å²) in [5.74, 6) is -2.10. The molecule has 1 saturated heterocycles. The molecule has 0 atom stereocenters. The molecular weight excluding hydrogens is 212 g/mol. The lowest BCUT2D eigenvalue weighted by molar-refractivity contribution is 0.100. The van der Waals surface area contributed by atoms with E-state index in [9.17, 15) is 13.6 Å². The minimum absolute atomic E-state index is 0.438. The normalized spacial score (nSPS) is 15.9. The molecule has 0 aromatic heterocycles. The van der Waals surface area contributed by atoms with E-state index in [1.807, 2.05) is 0 Å². The molecule has 1 aromatic rings. The maximum Gasteiger partial charge on any atom is 0.165 e. The molecule has 0 bridgehead atoms. The third-order valence-electron chi connectivity index (χ3n) is 2.81. The molecule has 0 spiro atoms. The summed E-state index contributed by atoms with van der Waals surface area (Å²) in [6.45, 7) is 3.65. The van der Waals surface area contributed by atoms with Gasteiger partial charge in [0.2, 0.25) is 0 Å². The topological polar surface area (TPSA) is 20.3 Å². The summed E-state index contributed by atoms with van der Waals surface area (Å²) in [5.41, 5.74) is 0.145. The summed E-state index contributed by atoms with van der Waals surface area (Å²) in [5, 5.41) is 0. The minimum atomic E-state index is -0.761. The van der Waals surface area contributed by atoms with E-state index < -0.39 is 23.0 Å². The average Bonchev–Trinajstić information content (AvgIpc) is 2.09. The highest BCUT2D eigenvalue weighted by atomic mass is 19.1. The van der Waals surface area contributed by atoms with E-state index >= 15 is 0 Å². The second kappa shape index (κ2) is 4.29. The van der Waals surface area contributed by atoms with Gasteiger partial charge in [-0.15, -0.1) is 0 Å². The van der Waals surface area contributed by atoms with Gasteiger partial charge >= 0.3 is 0 Å². The molecule has 0 N–H and O–H groups in total. The SMILES string of the molecule is CC(=O)c1c(F)cc(CN2CCC2)cc1F. The second-order valence-corrected chi connectivity index (χ2v) is 4.12. The van der Waals surface area contributed by atoms with Gasteiger partial charge < -0.3 is 0 Å². The summed E-state index contributed by atoms with van der Waals surface area (Å²) < 4.78 is 26.9. The van der Waals surface area contributed by atoms with Gasteiger partial charge in [0.25, 0.3) is 0 Å². The van der Waals surface area contributed by atoms with Gasteiger partial charge in [-0.1, -0.05) is 0 Å². The van der Waals surface area contributed by atoms with E-state index in [-0.39, 0.29) is 0 Å². The summed E-state index contributed by atoms with van der Waals surface area (Å²) >= 11 is 0. The molecule has 1 aromatic carbocycles. The molecule has 4 heteroatoms. The van der Waals surface area contributed by atoms with Crippen LogP contribution in [0.15, 0.2) is 12.1 Å². The fourth-order valence-corrected chi connectivity index (χ4v) is 1.85. The number of hydrogen-bond acceptors (Lipinski definition) is 2. The molecule has 86 valence electrons. The van der Waals surface area contributed by atoms with Crippen molar-refractivity contribution in [1.82, 2.24) is 4.90 Å². The molecule has 1 aliphatic rings. The van der Waals surface area contributed by atoms with Crippen LogP contribution in [0.1, 0.15) is 29.3 Å². The van der Waals surface area contributed by atoms with E-state index in [0.29, 0.717) is 12.1 Å². The van der Waals surface area contributed by atoms with Crippen LogP contribution < -0.4 is 0 Å². The third-order valence-corrected chi connectivity index (χ3v) is 2.81. The summed E-state index contributed by atoms with van der Waals surface area (Å²) in [4.78, 5) is 13.1. The van der Waals surface area contributed by atoms with Crippen LogP contribution in [0.2, 0.25) is 0 Å². The van der Waals surface area contributed by atoms with Crippen LogP contribution in [0, 0.1) is 11.6 Å². The van der Waals surface area contributed by atoms with Crippen molar-refractivity contribution in [3.63, 3.8) is 0 Å². The molecule has 1 heterocycles. The number of carbonyl (C=O) groups is 1. The standard InChI is InChI=1S/C12H13F2NO/c1-8(16)12-10(13)5-9(6-11(12)14)7-15-3-2-4-15/h5-6H,2-4,7H2,1H3. The molecule has 0 aliphatic carbocycles. The van der Waals surface area contributed by atoms with Crippen molar-refractivity contribution in [3.05, 3.63) is 34.9 Å². The van der Waals surface area contributed by atoms with Crippen molar-refractivity contribution >= 4 is 5.78 Å². The van der Waals surface area contributed by atoms with Crippen LogP contribution in [-0.2, 0) is 6.54 Å². The average molecular weight is 225 g/mol. The molecule has 0 radical (unpaired) electrons. The zero-order valence-electron chi connectivity index (χ0n) is 9.09. The third kappa shape index (κ3) is 2.11. The molecule has 2 rings (SSSR count). The first kappa shape index (κ1) is 11.2. The summed E-state index contributed by atoms with van der Waals surface area (Å²) in [6.07, 6.45) is 1.14. The Balaban J connectivity index is 2.25. The number of halogens is 2. The molecule has 1 aliphatic heterocycles. The number of carbonyl (C=O) groups excluding carboxylic acids is 1. The van der Waals surface area contributed by atoms with Crippen LogP contribution in [0.4, 0.5) is 8.78 Å². The van der Waals surface area contributed by atoms with Gasteiger partial charge in [-0.25, -0.2) is 8.78 Å². The molecule has 16 heavy (non-hydrogen) atoms. The Morgan fingerprint density at radius 1 is 1.31 bits per heavy atom. The van der Waals surface area contributed by atoms with E-state index in [1.165, 1.54) is 12.1 Å². The van der Waals surface area contributed by atoms with E-state index in [2.05, 4.69) is 4.90 Å². The van der Waals surface area contributed by atoms with Crippen molar-refractivity contribution in [1.29, 1.82) is 0 Å². The highest BCUT2D eigenvalue weighted by Gasteiger charge is 2.18. The van der Waals surface area contributed by atoms with Gasteiger partial charge in [-0.3, -0.25) is 9.69 Å². The molecule has 0 unspecified atom stereocenters. The Morgan fingerprint density at radius 2 is 1.88 bits per heavy atom. The Morgan fingerprint density at radius 3 is 2.25 bits per heavy atom. The molecule has 2 nitrogen and oxygen atoms in total. The molecular formula is C12H13F2NO. The lowest BCUT2D eigenvalue weighted by atomic mass is 10.1. The first-order valence-electron chi connectivity index (χ1n) is 5.29. The molecule has 0 saturated carbocycles. The fraction of sp³-hybridized carbons (Fsp3) is 0.417. The number of hydrogen-bond donors (Lipinski definition) is 0. The molecule has 0 amide bonds. The fourth-order valence-electron chi connectivity index (χ4n) is 1.85. The smallest absolute Gasteiger partial charge is 0.165 e. The van der Waals surface area contributed by atoms with Crippen molar-refractivity contribution in [3.8, 4) is 0 Å². The van der Waals surface area contributed by atoms with Gasteiger partial charge in [0.1, 0.15) is 11.6 Å². The Bertz CT molecular complexity index is 404. The van der Waals surface area contributed by atoms with E-state index in [0.717, 1.165) is 26.4 Å². The number of benzene rings is 1. The Hall–Kier alpha value is -1.29. The van der Waals surface area contributed by atoms with Gasteiger partial charge in [-0.2, -0.15) is 0 Å². The quantitative estimate of drug-likeness (QED) is 0.736. The monoisotopic (exact) mass is 225 g/mol. The van der Waals surface area contributed by atoms with Crippen LogP contribution >= 0.6 is 0 Å². The number of rotatable bonds is 3. The summed E-state index contributed by atoms with van der Waals surface area (Å²) in [7, 11) is 0. The van der Waals surface area contributed by atoms with Crippen LogP contribution in [-0.4, -0.2) is 23.8 Å². The Kier molecular flexibility index (Phi) is 3.01. The zero-order chi connectivity index (χ0) is 11.7. The molecule has 1 fully saturated rings. The van der Waals surface area contributed by atoms with Crippen LogP contribution in [0.3, 0.4) is 0 Å². The van der Waals surface area contributed by atoms with Gasteiger partial charge in [-0.05, 0) is 44.1 Å². The van der Waals surface area contributed by atoms with Crippen molar-refractivity contribution < 1.29 is 13.6 Å². The number of ketones is 1. The van der Waals surface area contributed by atoms with Gasteiger partial charge in [0.15, 0.2) is 5.78 Å². The first-order chi connectivity index (χ1) is 7.58. The maximum absolute atomic E-state index is 13.5. The van der Waals surface area contributed by atoms with Crippen LogP contribution in [0.5, 0.6) is 0 Å². The largest absolute Gasteiger partial charge is 0.299 e. The van der Waals surface area contributed by atoms with E-state index in [4.69, 9.17) is 0 Å². The van der Waals surface area contributed by atoms with E-state index in [1.54, 1.807) is 0 Å². The number of nitrogens with zero attached hydrogens (tertiary/aromatic N) is 1. The predicted molar refractivity (Wildman–Crippen MR) is 56.3 cm³/mol. The minimum Gasteiger partial charge on any atom is -0.299 e. The van der Waals surface area contributed by atoms with Crippen molar-refractivity contribution in [2.75, 3.05) is 13.1 Å². The maximum atomic E-state index is 13.5. The number of likely N-dealkylation sites (tertiary alicyclic amines) is 1. The van der Waals surface area contributed by atoms with Gasteiger partial charge in [0, 0.05) is 6.54 Å². The highest BCUT2D eigenvalue weighted by Crippen LogP contribution is 2.19. The lowest BCUT2D eigenvalue weighted by Gasteiger charge is -2.30. The van der Waals surface area contributed by atoms with Crippen molar-refractivity contribution in [2.24, 2.45) is 0 Å². The van der Waals surface area contributed by atoms with Crippen LogP contribution in [0.25, 0.3) is 0 Å².